The Hall–Kier alpha value is -8.90. The third kappa shape index (κ3) is 19.5. The zero-order chi connectivity index (χ0) is 54.9. The van der Waals surface area contributed by atoms with Crippen molar-refractivity contribution in [1.82, 2.24) is 0 Å². The summed E-state index contributed by atoms with van der Waals surface area (Å²) < 4.78 is 24.7. The molecule has 0 aliphatic carbocycles. The fourth-order valence-corrected chi connectivity index (χ4v) is 4.78. The number of hydrogen-bond acceptors (Lipinski definition) is 28. The van der Waals surface area contributed by atoms with Crippen molar-refractivity contribution in [1.29, 1.82) is 0 Å². The average molecular weight is 1020 g/mol. The highest BCUT2D eigenvalue weighted by molar-refractivity contribution is 6.30. The molecule has 0 bridgehead atoms. The van der Waals surface area contributed by atoms with Crippen molar-refractivity contribution < 1.29 is 176 Å². The largest absolute Gasteiger partial charge is 0.481 e. The third-order valence-electron chi connectivity index (χ3n) is 7.96. The van der Waals surface area contributed by atoms with E-state index >= 15 is 0 Å². The maximum atomic E-state index is 12.8. The van der Waals surface area contributed by atoms with Crippen LogP contribution in [-0.2, 0) is 115 Å². The molecule has 12 N–H and O–H groups in total. The Bertz CT molecular complexity index is 2080. The third-order valence-corrected chi connectivity index (χ3v) is 7.96. The predicted octanol–water partition coefficient (Wildman–Crippen LogP) is -7.41. The highest BCUT2D eigenvalue weighted by Crippen LogP contribution is 2.27. The molecule has 0 heterocycles. The first-order valence-corrected chi connectivity index (χ1v) is 17.9. The number of ether oxygens (including phenoxy) is 6. The Morgan fingerprint density at radius 3 is 0.814 bits per heavy atom. The van der Waals surface area contributed by atoms with Gasteiger partial charge in [-0.05, 0) is 0 Å². The van der Waals surface area contributed by atoms with E-state index < -0.39 is 206 Å². The minimum absolute atomic E-state index is 1.61. The van der Waals surface area contributed by atoms with Gasteiger partial charge in [0.15, 0.2) is 23.4 Å². The van der Waals surface area contributed by atoms with E-state index in [0.717, 1.165) is 0 Å². The van der Waals surface area contributed by atoms with E-state index in [2.05, 4.69) is 28.4 Å². The van der Waals surface area contributed by atoms with E-state index in [9.17, 15) is 127 Å². The van der Waals surface area contributed by atoms with Gasteiger partial charge in [0, 0.05) is 0 Å². The zero-order valence-corrected chi connectivity index (χ0v) is 34.4. The summed E-state index contributed by atoms with van der Waals surface area (Å²) in [5.74, 6) is -41.1. The van der Waals surface area contributed by atoms with E-state index in [1.54, 1.807) is 0 Å². The second-order valence-corrected chi connectivity index (χ2v) is 13.8. The molecule has 6 unspecified atom stereocenters. The number of aliphatic hydroxyl groups is 4. The Kier molecular flexibility index (Phi) is 22.1. The van der Waals surface area contributed by atoms with Gasteiger partial charge in [0.25, 0.3) is 0 Å². The molecule has 0 amide bonds. The molecular formula is C34H34O36. The van der Waals surface area contributed by atoms with Gasteiger partial charge in [-0.15, -0.1) is 0 Å². The first-order chi connectivity index (χ1) is 31.8. The van der Waals surface area contributed by atoms with Gasteiger partial charge in [-0.25, -0.2) is 38.4 Å². The summed E-state index contributed by atoms with van der Waals surface area (Å²) in [5.41, 5.74) is -14.5. The second kappa shape index (κ2) is 25.3. The fourth-order valence-electron chi connectivity index (χ4n) is 4.78. The number of hydrogen-bond donors (Lipinski definition) is 12. The summed E-state index contributed by atoms with van der Waals surface area (Å²) >= 11 is 0. The average Bonchev–Trinajstić information content (AvgIpc) is 3.15. The lowest BCUT2D eigenvalue weighted by Crippen LogP contribution is -2.52. The van der Waals surface area contributed by atoms with Gasteiger partial charge in [-0.3, -0.25) is 47.9 Å². The number of rotatable bonds is 28. The van der Waals surface area contributed by atoms with Crippen LogP contribution in [0.5, 0.6) is 0 Å². The van der Waals surface area contributed by atoms with Gasteiger partial charge in [0.1, 0.15) is 0 Å². The second-order valence-electron chi connectivity index (χ2n) is 13.8. The molecule has 0 saturated heterocycles. The monoisotopic (exact) mass is 1020 g/mol. The highest BCUT2D eigenvalue weighted by Gasteiger charge is 2.53. The van der Waals surface area contributed by atoms with Crippen molar-refractivity contribution in [3.8, 4) is 0 Å². The molecule has 0 aliphatic heterocycles. The SMILES string of the molecule is O=C(O)CC(O)(CC(=O)OC(=O)C(O)CC(=O)OC(=O)CC(CC(=O)O)(OC(=O)C(=O)OC(CC(=O)O)(CC(=O)OC(=O)CC(O)C(=O)OC(=O)CC(O)(CC(=O)O)C(=O)O)C(=O)O)C(=O)O)C(=O)O. The number of carbonyl (C=O) groups is 18. The lowest BCUT2D eigenvalue weighted by Gasteiger charge is -2.29. The Balaban J connectivity index is 6.13. The van der Waals surface area contributed by atoms with Crippen molar-refractivity contribution in [2.24, 2.45) is 0 Å². The lowest BCUT2D eigenvalue weighted by atomic mass is 9.94. The molecule has 0 aliphatic rings. The van der Waals surface area contributed by atoms with Crippen LogP contribution >= 0.6 is 0 Å². The first-order valence-electron chi connectivity index (χ1n) is 17.9. The van der Waals surface area contributed by atoms with Gasteiger partial charge >= 0.3 is 107 Å². The molecule has 0 aromatic carbocycles. The van der Waals surface area contributed by atoms with Gasteiger partial charge in [0.05, 0.1) is 64.2 Å². The molecule has 0 aromatic rings. The quantitative estimate of drug-likeness (QED) is 0.0150. The molecule has 70 heavy (non-hydrogen) atoms. The Morgan fingerprint density at radius 2 is 0.586 bits per heavy atom. The predicted molar refractivity (Wildman–Crippen MR) is 191 cm³/mol. The normalized spacial score (nSPS) is 15.0. The summed E-state index contributed by atoms with van der Waals surface area (Å²) in [7, 11) is 0. The van der Waals surface area contributed by atoms with E-state index in [0.29, 0.717) is 0 Å². The molecule has 36 heteroatoms. The number of aliphatic hydroxyl groups excluding tert-OH is 2. The standard InChI is InChI=1S/C34H34O36/c35-11(23(51)67-19(47)7-31(63,27(55)56)3-13(37)38)1-17(45)65-21(49)9-33(29(59)60,5-15(41)42)69-25(53)26(54)70-34(30(61)62,6-16(43)44)10-22(50)66-18(46)2-12(36)24(52)68-20(48)8-32(64,28(57)58)4-14(39)40/h11-12,35-36,63-64H,1-10H2,(H,37,38)(H,39,40)(H,41,42)(H,43,44)(H,55,56)(H,57,58)(H,59,60)(H,61,62). The molecule has 0 fully saturated rings. The first kappa shape index (κ1) is 61.1. The summed E-state index contributed by atoms with van der Waals surface area (Å²) in [5, 5.41) is 113. The topological polar surface area (TPSA) is 605 Å². The number of carboxylic acid groups (broad SMARTS) is 8. The van der Waals surface area contributed by atoms with Crippen LogP contribution in [0.15, 0.2) is 0 Å². The van der Waals surface area contributed by atoms with E-state index in [4.69, 9.17) is 20.4 Å². The van der Waals surface area contributed by atoms with Crippen LogP contribution < -0.4 is 0 Å². The van der Waals surface area contributed by atoms with Crippen molar-refractivity contribution >= 4 is 107 Å². The molecule has 6 atom stereocenters. The van der Waals surface area contributed by atoms with Crippen LogP contribution in [0.2, 0.25) is 0 Å². The smallest absolute Gasteiger partial charge is 0.418 e. The van der Waals surface area contributed by atoms with Crippen molar-refractivity contribution in [2.75, 3.05) is 0 Å². The molecule has 0 aromatic heterocycles. The van der Waals surface area contributed by atoms with Crippen molar-refractivity contribution in [3.63, 3.8) is 0 Å². The molecule has 0 saturated carbocycles. The maximum absolute atomic E-state index is 12.8. The van der Waals surface area contributed by atoms with Gasteiger partial charge in [-0.1, -0.05) is 0 Å². The minimum atomic E-state index is -3.91. The minimum Gasteiger partial charge on any atom is -0.481 e. The number of esters is 10. The maximum Gasteiger partial charge on any atom is 0.418 e. The highest BCUT2D eigenvalue weighted by atomic mass is 16.6. The number of aliphatic carboxylic acids is 8. The number of carbonyl (C=O) groups excluding carboxylic acids is 10. The van der Waals surface area contributed by atoms with Crippen molar-refractivity contribution in [2.45, 2.75) is 98.8 Å². The molecular weight excluding hydrogens is 984 g/mol. The lowest BCUT2D eigenvalue weighted by molar-refractivity contribution is -0.202. The van der Waals surface area contributed by atoms with Crippen LogP contribution in [0.3, 0.4) is 0 Å². The number of carboxylic acids is 8. The van der Waals surface area contributed by atoms with Gasteiger partial charge in [0.2, 0.25) is 11.2 Å². The van der Waals surface area contributed by atoms with E-state index in [1.807, 2.05) is 0 Å². The van der Waals surface area contributed by atoms with Crippen LogP contribution in [0, 0.1) is 0 Å². The molecule has 0 spiro atoms. The summed E-state index contributed by atoms with van der Waals surface area (Å²) in [4.78, 5) is 214. The van der Waals surface area contributed by atoms with Crippen LogP contribution in [0.25, 0.3) is 0 Å². The zero-order valence-electron chi connectivity index (χ0n) is 34.4. The van der Waals surface area contributed by atoms with Crippen LogP contribution in [0.1, 0.15) is 64.2 Å². The van der Waals surface area contributed by atoms with Gasteiger partial charge < -0.3 is 89.7 Å². The van der Waals surface area contributed by atoms with Crippen molar-refractivity contribution in [3.05, 3.63) is 0 Å². The summed E-state index contributed by atoms with van der Waals surface area (Å²) in [6.07, 6.45) is -24.3. The summed E-state index contributed by atoms with van der Waals surface area (Å²) in [6.45, 7) is 0. The summed E-state index contributed by atoms with van der Waals surface area (Å²) in [6, 6.07) is 0. The van der Waals surface area contributed by atoms with E-state index in [-0.39, 0.29) is 0 Å². The molecule has 0 radical (unpaired) electrons. The van der Waals surface area contributed by atoms with Crippen LogP contribution in [0.4, 0.5) is 0 Å². The van der Waals surface area contributed by atoms with Gasteiger partial charge in [-0.2, -0.15) is 0 Å². The Morgan fingerprint density at radius 1 is 0.329 bits per heavy atom. The molecule has 386 valence electrons. The molecule has 0 rings (SSSR count). The fraction of sp³-hybridized carbons (Fsp3) is 0.471. The van der Waals surface area contributed by atoms with E-state index in [1.165, 1.54) is 0 Å². The van der Waals surface area contributed by atoms with Crippen LogP contribution in [-0.4, -0.2) is 203 Å². The Labute approximate surface area is 382 Å². The molecule has 36 nitrogen and oxygen atoms in total.